The Morgan fingerprint density at radius 1 is 1.45 bits per heavy atom. The molecule has 2 nitrogen and oxygen atoms in total. The maximum Gasteiger partial charge on any atom is 0.0633 e. The molecule has 0 spiro atoms. The number of rotatable bonds is 4. The Hall–Kier alpha value is -0.200. The number of aliphatic hydroxyl groups is 1. The fourth-order valence-electron chi connectivity index (χ4n) is 0.657. The van der Waals surface area contributed by atoms with Crippen LogP contribution in [0.1, 0.15) is 27.2 Å². The maximum atomic E-state index is 9.13. The van der Waals surface area contributed by atoms with Crippen molar-refractivity contribution in [3.05, 3.63) is 0 Å². The number of hydrogen-bond acceptors (Lipinski definition) is 3. The zero-order valence-corrected chi connectivity index (χ0v) is 8.06. The minimum Gasteiger partial charge on any atom is -0.392 e. The standard InChI is InChI=1S/C8H15NOS/c1-6(4-5-9)11-8(3)7(2)10/h6-8,10H,4H2,1-3H3. The van der Waals surface area contributed by atoms with Crippen LogP contribution < -0.4 is 0 Å². The van der Waals surface area contributed by atoms with E-state index in [9.17, 15) is 0 Å². The maximum absolute atomic E-state index is 9.13. The van der Waals surface area contributed by atoms with E-state index in [1.165, 1.54) is 0 Å². The highest BCUT2D eigenvalue weighted by Crippen LogP contribution is 2.21. The molecule has 0 aliphatic rings. The van der Waals surface area contributed by atoms with Crippen LogP contribution in [0, 0.1) is 11.3 Å². The first-order valence-electron chi connectivity index (χ1n) is 3.78. The van der Waals surface area contributed by atoms with Gasteiger partial charge >= 0.3 is 0 Å². The third-order valence-electron chi connectivity index (χ3n) is 1.51. The molecule has 0 radical (unpaired) electrons. The van der Waals surface area contributed by atoms with Crippen LogP contribution in [0.4, 0.5) is 0 Å². The predicted octanol–water partition coefficient (Wildman–Crippen LogP) is 1.79. The molecule has 11 heavy (non-hydrogen) atoms. The van der Waals surface area contributed by atoms with Gasteiger partial charge in [-0.15, -0.1) is 0 Å². The summed E-state index contributed by atoms with van der Waals surface area (Å²) in [6.45, 7) is 5.76. The topological polar surface area (TPSA) is 44.0 Å². The summed E-state index contributed by atoms with van der Waals surface area (Å²) < 4.78 is 0. The summed E-state index contributed by atoms with van der Waals surface area (Å²) in [7, 11) is 0. The lowest BCUT2D eigenvalue weighted by molar-refractivity contribution is 0.196. The zero-order chi connectivity index (χ0) is 8.85. The molecule has 64 valence electrons. The van der Waals surface area contributed by atoms with Crippen LogP contribution >= 0.6 is 11.8 Å². The smallest absolute Gasteiger partial charge is 0.0633 e. The van der Waals surface area contributed by atoms with Crippen molar-refractivity contribution in [1.29, 1.82) is 5.26 Å². The fraction of sp³-hybridized carbons (Fsp3) is 0.875. The molecule has 3 heteroatoms. The third-order valence-corrected chi connectivity index (χ3v) is 2.96. The second-order valence-electron chi connectivity index (χ2n) is 2.75. The summed E-state index contributed by atoms with van der Waals surface area (Å²) in [5, 5.41) is 18.0. The highest BCUT2D eigenvalue weighted by molar-refractivity contribution is 8.00. The van der Waals surface area contributed by atoms with Crippen LogP contribution in [0.5, 0.6) is 0 Å². The Kier molecular flexibility index (Phi) is 5.35. The molecule has 0 aliphatic heterocycles. The van der Waals surface area contributed by atoms with Gasteiger partial charge in [0.2, 0.25) is 0 Å². The van der Waals surface area contributed by atoms with E-state index in [4.69, 9.17) is 10.4 Å². The van der Waals surface area contributed by atoms with E-state index in [-0.39, 0.29) is 11.4 Å². The van der Waals surface area contributed by atoms with Gasteiger partial charge in [-0.25, -0.2) is 0 Å². The number of thioether (sulfide) groups is 1. The van der Waals surface area contributed by atoms with E-state index in [0.717, 1.165) is 0 Å². The average molecular weight is 173 g/mol. The van der Waals surface area contributed by atoms with Crippen LogP contribution in [0.3, 0.4) is 0 Å². The summed E-state index contributed by atoms with van der Waals surface area (Å²) in [5.74, 6) is 0. The van der Waals surface area contributed by atoms with Gasteiger partial charge in [-0.3, -0.25) is 0 Å². The van der Waals surface area contributed by atoms with Gasteiger partial charge in [0.15, 0.2) is 0 Å². The minimum atomic E-state index is -0.291. The fourth-order valence-corrected chi connectivity index (χ4v) is 1.79. The Morgan fingerprint density at radius 2 is 2.00 bits per heavy atom. The Labute approximate surface area is 72.6 Å². The highest BCUT2D eigenvalue weighted by Gasteiger charge is 2.12. The molecular weight excluding hydrogens is 158 g/mol. The van der Waals surface area contributed by atoms with Gasteiger partial charge in [-0.05, 0) is 6.92 Å². The van der Waals surface area contributed by atoms with E-state index in [1.54, 1.807) is 18.7 Å². The zero-order valence-electron chi connectivity index (χ0n) is 7.24. The quantitative estimate of drug-likeness (QED) is 0.705. The van der Waals surface area contributed by atoms with Gasteiger partial charge in [0, 0.05) is 16.9 Å². The molecule has 1 N–H and O–H groups in total. The van der Waals surface area contributed by atoms with E-state index in [2.05, 4.69) is 6.07 Å². The van der Waals surface area contributed by atoms with Crippen LogP contribution in [-0.4, -0.2) is 21.7 Å². The van der Waals surface area contributed by atoms with Gasteiger partial charge in [0.25, 0.3) is 0 Å². The lowest BCUT2D eigenvalue weighted by Gasteiger charge is -2.17. The largest absolute Gasteiger partial charge is 0.392 e. The number of nitrogens with zero attached hydrogens (tertiary/aromatic N) is 1. The van der Waals surface area contributed by atoms with Crippen molar-refractivity contribution >= 4 is 11.8 Å². The second-order valence-corrected chi connectivity index (χ2v) is 4.58. The summed E-state index contributed by atoms with van der Waals surface area (Å²) in [4.78, 5) is 0. The molecule has 0 saturated heterocycles. The van der Waals surface area contributed by atoms with E-state index >= 15 is 0 Å². The summed E-state index contributed by atoms with van der Waals surface area (Å²) >= 11 is 1.66. The molecular formula is C8H15NOS. The molecule has 0 fully saturated rings. The molecule has 0 amide bonds. The van der Waals surface area contributed by atoms with Crippen molar-refractivity contribution in [2.24, 2.45) is 0 Å². The Balaban J connectivity index is 3.58. The average Bonchev–Trinajstić information content (AvgIpc) is 1.87. The van der Waals surface area contributed by atoms with Gasteiger partial charge in [0.05, 0.1) is 12.2 Å². The molecule has 3 atom stereocenters. The van der Waals surface area contributed by atoms with Crippen molar-refractivity contribution in [2.75, 3.05) is 0 Å². The summed E-state index contributed by atoms with van der Waals surface area (Å²) in [6.07, 6.45) is 0.267. The predicted molar refractivity (Wildman–Crippen MR) is 48.4 cm³/mol. The van der Waals surface area contributed by atoms with Crippen LogP contribution in [0.15, 0.2) is 0 Å². The van der Waals surface area contributed by atoms with Crippen molar-refractivity contribution in [3.63, 3.8) is 0 Å². The van der Waals surface area contributed by atoms with Crippen molar-refractivity contribution in [2.45, 2.75) is 43.8 Å². The number of aliphatic hydroxyl groups excluding tert-OH is 1. The van der Waals surface area contributed by atoms with E-state index in [0.29, 0.717) is 11.7 Å². The lowest BCUT2D eigenvalue weighted by atomic mass is 10.3. The SMILES string of the molecule is CC(CC#N)SC(C)C(C)O. The number of nitriles is 1. The third kappa shape index (κ3) is 5.11. The monoisotopic (exact) mass is 173 g/mol. The van der Waals surface area contributed by atoms with Crippen molar-refractivity contribution in [1.82, 2.24) is 0 Å². The minimum absolute atomic E-state index is 0.221. The highest BCUT2D eigenvalue weighted by atomic mass is 32.2. The van der Waals surface area contributed by atoms with Crippen LogP contribution in [-0.2, 0) is 0 Å². The van der Waals surface area contributed by atoms with E-state index in [1.807, 2.05) is 13.8 Å². The molecule has 0 aromatic rings. The number of hydrogen-bond donors (Lipinski definition) is 1. The molecule has 0 aromatic carbocycles. The van der Waals surface area contributed by atoms with Crippen molar-refractivity contribution in [3.8, 4) is 6.07 Å². The van der Waals surface area contributed by atoms with Gasteiger partial charge in [-0.2, -0.15) is 17.0 Å². The summed E-state index contributed by atoms with van der Waals surface area (Å²) in [5.41, 5.74) is 0. The van der Waals surface area contributed by atoms with Gasteiger partial charge < -0.3 is 5.11 Å². The lowest BCUT2D eigenvalue weighted by Crippen LogP contribution is -2.18. The first-order chi connectivity index (χ1) is 5.07. The molecule has 0 aromatic heterocycles. The molecule has 0 saturated carbocycles. The molecule has 0 bridgehead atoms. The van der Waals surface area contributed by atoms with Crippen LogP contribution in [0.2, 0.25) is 0 Å². The van der Waals surface area contributed by atoms with Gasteiger partial charge in [0.1, 0.15) is 0 Å². The molecule has 0 heterocycles. The Morgan fingerprint density at radius 3 is 2.36 bits per heavy atom. The summed E-state index contributed by atoms with van der Waals surface area (Å²) in [6, 6.07) is 2.11. The van der Waals surface area contributed by atoms with Crippen molar-refractivity contribution < 1.29 is 5.11 Å². The normalized spacial score (nSPS) is 18.5. The molecule has 0 rings (SSSR count). The molecule has 3 unspecified atom stereocenters. The second kappa shape index (κ2) is 5.45. The van der Waals surface area contributed by atoms with Gasteiger partial charge in [-0.1, -0.05) is 13.8 Å². The van der Waals surface area contributed by atoms with E-state index < -0.39 is 0 Å². The first kappa shape index (κ1) is 10.8. The first-order valence-corrected chi connectivity index (χ1v) is 4.72. The molecule has 0 aliphatic carbocycles. The Bertz CT molecular complexity index is 142. The van der Waals surface area contributed by atoms with Crippen LogP contribution in [0.25, 0.3) is 0 Å².